The summed E-state index contributed by atoms with van der Waals surface area (Å²) in [7, 11) is -3.31. The summed E-state index contributed by atoms with van der Waals surface area (Å²) in [5, 5.41) is 0. The van der Waals surface area contributed by atoms with Crippen LogP contribution in [0.25, 0.3) is 0 Å². The molecule has 2 rings (SSSR count). The Labute approximate surface area is 123 Å². The molecule has 0 aromatic carbocycles. The van der Waals surface area contributed by atoms with Crippen molar-refractivity contribution < 1.29 is 18.0 Å². The van der Waals surface area contributed by atoms with Gasteiger partial charge in [-0.2, -0.15) is 0 Å². The van der Waals surface area contributed by atoms with Gasteiger partial charge in [0.2, 0.25) is 0 Å². The molecule has 0 fully saturated rings. The molecule has 4 nitrogen and oxygen atoms in total. The summed E-state index contributed by atoms with van der Waals surface area (Å²) in [4.78, 5) is 2.08. The van der Waals surface area contributed by atoms with E-state index in [1.54, 1.807) is 23.7 Å². The van der Waals surface area contributed by atoms with E-state index in [-0.39, 0.29) is 0 Å². The standard InChI is InChI=1S/C14H19O4PS/c1-4-17-19(15,18-5-2)14(12-7-6-10-16-12)13-9-8-11(3)20-13/h6-10,14H,4-5H2,1-3H3. The number of hydrogen-bond acceptors (Lipinski definition) is 5. The third-order valence-corrected chi connectivity index (χ3v) is 6.42. The number of furan rings is 1. The Morgan fingerprint density at radius 1 is 1.25 bits per heavy atom. The lowest BCUT2D eigenvalue weighted by Gasteiger charge is -2.24. The van der Waals surface area contributed by atoms with Crippen LogP contribution in [0.15, 0.2) is 34.9 Å². The molecule has 6 heteroatoms. The third-order valence-electron chi connectivity index (χ3n) is 2.78. The Balaban J connectivity index is 2.48. The summed E-state index contributed by atoms with van der Waals surface area (Å²) in [5.74, 6) is 0.608. The Hall–Kier alpha value is -0.870. The van der Waals surface area contributed by atoms with E-state index in [4.69, 9.17) is 13.5 Å². The molecule has 2 aromatic heterocycles. The van der Waals surface area contributed by atoms with Crippen molar-refractivity contribution >= 4 is 18.9 Å². The first-order valence-electron chi connectivity index (χ1n) is 6.59. The van der Waals surface area contributed by atoms with Crippen LogP contribution < -0.4 is 0 Å². The van der Waals surface area contributed by atoms with E-state index >= 15 is 0 Å². The first-order chi connectivity index (χ1) is 9.60. The smallest absolute Gasteiger partial charge is 0.346 e. The molecule has 0 spiro atoms. The van der Waals surface area contributed by atoms with Crippen LogP contribution in [0.3, 0.4) is 0 Å². The first kappa shape index (κ1) is 15.5. The molecule has 0 N–H and O–H groups in total. The van der Waals surface area contributed by atoms with Gasteiger partial charge in [0.25, 0.3) is 0 Å². The van der Waals surface area contributed by atoms with Crippen LogP contribution in [0.4, 0.5) is 0 Å². The van der Waals surface area contributed by atoms with Gasteiger partial charge in [-0.15, -0.1) is 11.3 Å². The zero-order valence-corrected chi connectivity index (χ0v) is 13.6. The van der Waals surface area contributed by atoms with Crippen molar-refractivity contribution in [3.63, 3.8) is 0 Å². The van der Waals surface area contributed by atoms with Crippen LogP contribution in [0, 0.1) is 6.92 Å². The molecular formula is C14H19O4PS. The molecule has 1 atom stereocenters. The number of aryl methyl sites for hydroxylation is 1. The van der Waals surface area contributed by atoms with Gasteiger partial charge >= 0.3 is 7.60 Å². The average molecular weight is 314 g/mol. The summed E-state index contributed by atoms with van der Waals surface area (Å²) in [6.45, 7) is 6.30. The summed E-state index contributed by atoms with van der Waals surface area (Å²) in [6, 6.07) is 7.55. The van der Waals surface area contributed by atoms with Crippen molar-refractivity contribution in [3.05, 3.63) is 46.0 Å². The molecule has 0 aliphatic carbocycles. The highest BCUT2D eigenvalue weighted by Gasteiger charge is 2.40. The minimum absolute atomic E-state index is 0.332. The highest BCUT2D eigenvalue weighted by molar-refractivity contribution is 7.54. The Kier molecular flexibility index (Phi) is 5.22. The van der Waals surface area contributed by atoms with Crippen LogP contribution in [-0.2, 0) is 13.6 Å². The second-order valence-electron chi connectivity index (χ2n) is 4.24. The van der Waals surface area contributed by atoms with Crippen molar-refractivity contribution in [3.8, 4) is 0 Å². The van der Waals surface area contributed by atoms with Crippen molar-refractivity contribution in [1.29, 1.82) is 0 Å². The van der Waals surface area contributed by atoms with Gasteiger partial charge in [0.1, 0.15) is 5.76 Å². The number of hydrogen-bond donors (Lipinski definition) is 0. The molecule has 0 saturated heterocycles. The lowest BCUT2D eigenvalue weighted by atomic mass is 10.3. The van der Waals surface area contributed by atoms with Crippen LogP contribution in [0.1, 0.15) is 35.0 Å². The second-order valence-corrected chi connectivity index (χ2v) is 7.67. The number of thiophene rings is 1. The zero-order valence-electron chi connectivity index (χ0n) is 11.9. The van der Waals surface area contributed by atoms with Crippen LogP contribution in [-0.4, -0.2) is 13.2 Å². The molecule has 0 radical (unpaired) electrons. The predicted octanol–water partition coefficient (Wildman–Crippen LogP) is 5.01. The second kappa shape index (κ2) is 6.72. The summed E-state index contributed by atoms with van der Waals surface area (Å²) in [6.07, 6.45) is 1.57. The largest absolute Gasteiger partial charge is 0.468 e. The molecule has 2 aromatic rings. The lowest BCUT2D eigenvalue weighted by Crippen LogP contribution is -2.06. The van der Waals surface area contributed by atoms with Gasteiger partial charge in [0.15, 0.2) is 5.66 Å². The van der Waals surface area contributed by atoms with E-state index < -0.39 is 13.3 Å². The zero-order chi connectivity index (χ0) is 14.6. The van der Waals surface area contributed by atoms with E-state index in [2.05, 4.69) is 0 Å². The molecule has 0 aliphatic rings. The van der Waals surface area contributed by atoms with Crippen LogP contribution in [0.2, 0.25) is 0 Å². The molecule has 2 heterocycles. The van der Waals surface area contributed by atoms with E-state index in [1.807, 2.05) is 39.0 Å². The monoisotopic (exact) mass is 314 g/mol. The van der Waals surface area contributed by atoms with E-state index in [0.717, 1.165) is 9.75 Å². The summed E-state index contributed by atoms with van der Waals surface area (Å²) < 4.78 is 29.6. The molecule has 0 amide bonds. The topological polar surface area (TPSA) is 48.7 Å². The van der Waals surface area contributed by atoms with Gasteiger partial charge in [0.05, 0.1) is 19.5 Å². The van der Waals surface area contributed by atoms with Gasteiger partial charge in [-0.3, -0.25) is 4.57 Å². The fourth-order valence-electron chi connectivity index (χ4n) is 2.05. The normalized spacial score (nSPS) is 13.6. The maximum atomic E-state index is 13.1. The van der Waals surface area contributed by atoms with E-state index in [1.165, 1.54) is 0 Å². The highest BCUT2D eigenvalue weighted by atomic mass is 32.1. The minimum atomic E-state index is -3.31. The Morgan fingerprint density at radius 2 is 1.95 bits per heavy atom. The molecule has 0 saturated carbocycles. The Morgan fingerprint density at radius 3 is 2.40 bits per heavy atom. The van der Waals surface area contributed by atoms with Crippen molar-refractivity contribution in [2.75, 3.05) is 13.2 Å². The Bertz CT molecular complexity index is 566. The number of rotatable bonds is 7. The predicted molar refractivity (Wildman–Crippen MR) is 80.5 cm³/mol. The maximum Gasteiger partial charge on any atom is 0.346 e. The average Bonchev–Trinajstić information content (AvgIpc) is 3.03. The van der Waals surface area contributed by atoms with Crippen molar-refractivity contribution in [2.45, 2.75) is 26.4 Å². The fraction of sp³-hybridized carbons (Fsp3) is 0.429. The minimum Gasteiger partial charge on any atom is -0.468 e. The fourth-order valence-corrected chi connectivity index (χ4v) is 5.41. The maximum absolute atomic E-state index is 13.1. The van der Waals surface area contributed by atoms with Gasteiger partial charge in [0, 0.05) is 9.75 Å². The third kappa shape index (κ3) is 3.23. The quantitative estimate of drug-likeness (QED) is 0.674. The lowest BCUT2D eigenvalue weighted by molar-refractivity contribution is 0.213. The first-order valence-corrected chi connectivity index (χ1v) is 9.02. The molecule has 20 heavy (non-hydrogen) atoms. The summed E-state index contributed by atoms with van der Waals surface area (Å²) in [5.41, 5.74) is -0.504. The molecule has 110 valence electrons. The molecule has 0 bridgehead atoms. The molecule has 1 unspecified atom stereocenters. The van der Waals surface area contributed by atoms with Gasteiger partial charge < -0.3 is 13.5 Å². The molecule has 0 aliphatic heterocycles. The summed E-state index contributed by atoms with van der Waals surface area (Å²) >= 11 is 1.58. The molecular weight excluding hydrogens is 295 g/mol. The van der Waals surface area contributed by atoms with Crippen molar-refractivity contribution in [2.24, 2.45) is 0 Å². The van der Waals surface area contributed by atoms with Gasteiger partial charge in [-0.05, 0) is 45.0 Å². The van der Waals surface area contributed by atoms with Gasteiger partial charge in [-0.1, -0.05) is 0 Å². The highest BCUT2D eigenvalue weighted by Crippen LogP contribution is 2.64. The van der Waals surface area contributed by atoms with E-state index in [9.17, 15) is 4.57 Å². The SMILES string of the molecule is CCOP(=O)(OCC)C(c1ccco1)c1ccc(C)s1. The van der Waals surface area contributed by atoms with Crippen LogP contribution >= 0.6 is 18.9 Å². The van der Waals surface area contributed by atoms with Crippen LogP contribution in [0.5, 0.6) is 0 Å². The van der Waals surface area contributed by atoms with E-state index in [0.29, 0.717) is 19.0 Å². The van der Waals surface area contributed by atoms with Crippen molar-refractivity contribution in [1.82, 2.24) is 0 Å². The van der Waals surface area contributed by atoms with Gasteiger partial charge in [-0.25, -0.2) is 0 Å².